The third-order valence-corrected chi connectivity index (χ3v) is 4.05. The Morgan fingerprint density at radius 1 is 1.28 bits per heavy atom. The smallest absolute Gasteiger partial charge is 0.350 e. The maximum Gasteiger partial charge on any atom is 0.350 e. The van der Waals surface area contributed by atoms with E-state index in [4.69, 9.17) is 44.8 Å². The molecule has 0 unspecified atom stereocenters. The van der Waals surface area contributed by atoms with Crippen LogP contribution in [0.1, 0.15) is 30.6 Å². The largest absolute Gasteiger partial charge is 0.462 e. The molecule has 0 aliphatic carbocycles. The maximum absolute atomic E-state index is 12.1. The predicted molar refractivity (Wildman–Crippen MR) is 98.0 cm³/mol. The minimum absolute atomic E-state index is 0.000602. The zero-order chi connectivity index (χ0) is 19.0. The Hall–Kier alpha value is -1.94. The number of anilines is 1. The summed E-state index contributed by atoms with van der Waals surface area (Å²) in [5.41, 5.74) is -0.0378. The van der Waals surface area contributed by atoms with Gasteiger partial charge in [-0.25, -0.2) is 4.79 Å². The highest BCUT2D eigenvalue weighted by Crippen LogP contribution is 2.37. The fourth-order valence-corrected chi connectivity index (χ4v) is 2.49. The van der Waals surface area contributed by atoms with Gasteiger partial charge in [0, 0.05) is 12.7 Å². The van der Waals surface area contributed by atoms with E-state index in [-0.39, 0.29) is 38.5 Å². The van der Waals surface area contributed by atoms with Crippen molar-refractivity contribution in [2.45, 2.75) is 20.3 Å². The van der Waals surface area contributed by atoms with Crippen molar-refractivity contribution in [3.63, 3.8) is 0 Å². The molecule has 9 heteroatoms. The third kappa shape index (κ3) is 5.53. The van der Waals surface area contributed by atoms with E-state index in [2.05, 4.69) is 10.6 Å². The first-order chi connectivity index (χ1) is 11.9. The Labute approximate surface area is 160 Å². The number of nitrogens with zero attached hydrogens (tertiary/aromatic N) is 1. The number of hydrogen-bond acceptors (Lipinski definition) is 5. The van der Waals surface area contributed by atoms with Gasteiger partial charge in [0.25, 0.3) is 5.91 Å². The zero-order valence-corrected chi connectivity index (χ0v) is 15.8. The molecule has 0 aromatic heterocycles. The van der Waals surface area contributed by atoms with Crippen molar-refractivity contribution in [2.75, 3.05) is 18.5 Å². The molecule has 1 amide bonds. The summed E-state index contributed by atoms with van der Waals surface area (Å²) < 4.78 is 4.89. The summed E-state index contributed by atoms with van der Waals surface area (Å²) in [7, 11) is 0. The fourth-order valence-electron chi connectivity index (χ4n) is 1.72. The van der Waals surface area contributed by atoms with Crippen LogP contribution >= 0.6 is 34.8 Å². The fraction of sp³-hybridized carbons (Fsp3) is 0.312. The molecule has 6 nitrogen and oxygen atoms in total. The Morgan fingerprint density at radius 3 is 2.52 bits per heavy atom. The zero-order valence-electron chi connectivity index (χ0n) is 13.6. The van der Waals surface area contributed by atoms with Crippen molar-refractivity contribution in [1.82, 2.24) is 5.32 Å². The van der Waals surface area contributed by atoms with Crippen LogP contribution in [-0.2, 0) is 9.53 Å². The molecule has 1 aromatic carbocycles. The molecule has 1 rings (SSSR count). The predicted octanol–water partition coefficient (Wildman–Crippen LogP) is 4.17. The van der Waals surface area contributed by atoms with E-state index < -0.39 is 11.9 Å². The van der Waals surface area contributed by atoms with Gasteiger partial charge < -0.3 is 15.4 Å². The Bertz CT molecular complexity index is 742. The van der Waals surface area contributed by atoms with E-state index >= 15 is 0 Å². The number of esters is 1. The lowest BCUT2D eigenvalue weighted by Gasteiger charge is -2.13. The van der Waals surface area contributed by atoms with Gasteiger partial charge in [-0.1, -0.05) is 41.7 Å². The molecule has 134 valence electrons. The number of benzene rings is 1. The van der Waals surface area contributed by atoms with Crippen molar-refractivity contribution in [3.05, 3.63) is 38.5 Å². The number of nitriles is 1. The number of ether oxygens (including phenoxy) is 1. The molecule has 0 fully saturated rings. The molecular formula is C16H16Cl3N3O3. The number of carbonyl (C=O) groups is 2. The van der Waals surface area contributed by atoms with Crippen molar-refractivity contribution in [1.29, 1.82) is 5.26 Å². The van der Waals surface area contributed by atoms with Gasteiger partial charge in [-0.15, -0.1) is 0 Å². The molecule has 0 spiro atoms. The van der Waals surface area contributed by atoms with E-state index in [1.165, 1.54) is 6.07 Å². The first-order valence-corrected chi connectivity index (χ1v) is 8.50. The van der Waals surface area contributed by atoms with E-state index in [1.54, 1.807) is 13.0 Å². The summed E-state index contributed by atoms with van der Waals surface area (Å²) in [4.78, 5) is 23.8. The first kappa shape index (κ1) is 21.1. The molecule has 0 atom stereocenters. The summed E-state index contributed by atoms with van der Waals surface area (Å²) in [6.07, 6.45) is 1.76. The average Bonchev–Trinajstić information content (AvgIpc) is 2.58. The van der Waals surface area contributed by atoms with Gasteiger partial charge in [0.1, 0.15) is 6.07 Å². The van der Waals surface area contributed by atoms with Crippen LogP contribution in [-0.4, -0.2) is 25.0 Å². The lowest BCUT2D eigenvalue weighted by atomic mass is 10.1. The summed E-state index contributed by atoms with van der Waals surface area (Å²) in [6, 6.07) is 3.11. The van der Waals surface area contributed by atoms with Gasteiger partial charge in [0.15, 0.2) is 5.57 Å². The van der Waals surface area contributed by atoms with Gasteiger partial charge in [-0.2, -0.15) is 5.26 Å². The number of nitrogens with one attached hydrogen (secondary N) is 2. The van der Waals surface area contributed by atoms with Crippen LogP contribution < -0.4 is 10.6 Å². The van der Waals surface area contributed by atoms with Crippen LogP contribution in [0.15, 0.2) is 17.8 Å². The number of rotatable bonds is 7. The lowest BCUT2D eigenvalue weighted by molar-refractivity contribution is -0.138. The highest BCUT2D eigenvalue weighted by atomic mass is 35.5. The van der Waals surface area contributed by atoms with Crippen molar-refractivity contribution in [3.8, 4) is 6.07 Å². The van der Waals surface area contributed by atoms with Gasteiger partial charge >= 0.3 is 5.97 Å². The minimum atomic E-state index is -0.767. The number of carbonyl (C=O) groups excluding carboxylic acids is 2. The Balaban J connectivity index is 3.18. The summed E-state index contributed by atoms with van der Waals surface area (Å²) in [5.74, 6) is -1.26. The van der Waals surface area contributed by atoms with E-state index in [0.29, 0.717) is 13.0 Å². The van der Waals surface area contributed by atoms with E-state index in [0.717, 1.165) is 6.20 Å². The summed E-state index contributed by atoms with van der Waals surface area (Å²) in [5, 5.41) is 14.4. The molecule has 0 heterocycles. The first-order valence-electron chi connectivity index (χ1n) is 7.36. The van der Waals surface area contributed by atoms with Crippen molar-refractivity contribution < 1.29 is 14.3 Å². The number of hydrogen-bond donors (Lipinski definition) is 2. The standard InChI is InChI=1S/C16H16Cl3N3O3/c1-3-5-25-16(24)9(7-20)8-22-11-6-10(17)13(18)12(14(11)19)15(23)21-4-2/h6,8,22H,3-5H2,1-2H3,(H,21,23). The quantitative estimate of drug-likeness (QED) is 0.308. The molecule has 2 N–H and O–H groups in total. The molecule has 0 saturated carbocycles. The average molecular weight is 405 g/mol. The van der Waals surface area contributed by atoms with Gasteiger partial charge in [0.05, 0.1) is 32.9 Å². The molecule has 0 radical (unpaired) electrons. The van der Waals surface area contributed by atoms with Crippen LogP contribution in [0.25, 0.3) is 0 Å². The highest BCUT2D eigenvalue weighted by Gasteiger charge is 2.20. The number of amides is 1. The molecule has 0 bridgehead atoms. The van der Waals surface area contributed by atoms with Crippen LogP contribution in [0.2, 0.25) is 15.1 Å². The summed E-state index contributed by atoms with van der Waals surface area (Å²) >= 11 is 18.3. The molecule has 0 aliphatic rings. The number of halogens is 3. The Morgan fingerprint density at radius 2 is 1.96 bits per heavy atom. The second-order valence-electron chi connectivity index (χ2n) is 4.72. The second-order valence-corrected chi connectivity index (χ2v) is 5.88. The molecule has 0 saturated heterocycles. The second kappa shape index (κ2) is 10.1. The summed E-state index contributed by atoms with van der Waals surface area (Å²) in [6.45, 7) is 4.15. The maximum atomic E-state index is 12.1. The van der Waals surface area contributed by atoms with Crippen LogP contribution in [0.3, 0.4) is 0 Å². The highest BCUT2D eigenvalue weighted by molar-refractivity contribution is 6.47. The van der Waals surface area contributed by atoms with E-state index in [1.807, 2.05) is 6.92 Å². The third-order valence-electron chi connectivity index (χ3n) is 2.87. The molecular weight excluding hydrogens is 389 g/mol. The SMILES string of the molecule is CCCOC(=O)C(C#N)=CNc1cc(Cl)c(Cl)c(C(=O)NCC)c1Cl. The molecule has 0 aliphatic heterocycles. The Kier molecular flexibility index (Phi) is 8.56. The van der Waals surface area contributed by atoms with Crippen LogP contribution in [0, 0.1) is 11.3 Å². The van der Waals surface area contributed by atoms with Crippen LogP contribution in [0.4, 0.5) is 5.69 Å². The minimum Gasteiger partial charge on any atom is -0.462 e. The van der Waals surface area contributed by atoms with Crippen molar-refractivity contribution in [2.24, 2.45) is 0 Å². The van der Waals surface area contributed by atoms with Gasteiger partial charge in [0.2, 0.25) is 0 Å². The van der Waals surface area contributed by atoms with Gasteiger partial charge in [-0.3, -0.25) is 4.79 Å². The molecule has 25 heavy (non-hydrogen) atoms. The molecule has 1 aromatic rings. The van der Waals surface area contributed by atoms with Gasteiger partial charge in [-0.05, 0) is 19.4 Å². The lowest BCUT2D eigenvalue weighted by Crippen LogP contribution is -2.23. The monoisotopic (exact) mass is 403 g/mol. The van der Waals surface area contributed by atoms with E-state index in [9.17, 15) is 9.59 Å². The van der Waals surface area contributed by atoms with Crippen LogP contribution in [0.5, 0.6) is 0 Å². The normalized spacial score (nSPS) is 10.8. The topological polar surface area (TPSA) is 91.2 Å². The van der Waals surface area contributed by atoms with Crippen molar-refractivity contribution >= 4 is 52.4 Å².